The van der Waals surface area contributed by atoms with Crippen LogP contribution in [0.1, 0.15) is 77.2 Å². The molecule has 1 heterocycles. The van der Waals surface area contributed by atoms with E-state index in [1.165, 1.54) is 6.42 Å². The summed E-state index contributed by atoms with van der Waals surface area (Å²) < 4.78 is 6.31. The molecular weight excluding hydrogens is 472 g/mol. The maximum absolute atomic E-state index is 11.9. The highest BCUT2D eigenvalue weighted by Gasteiger charge is 2.41. The van der Waals surface area contributed by atoms with Gasteiger partial charge in [-0.05, 0) is 80.1 Å². The summed E-state index contributed by atoms with van der Waals surface area (Å²) in [6.45, 7) is 8.35. The van der Waals surface area contributed by atoms with Crippen LogP contribution >= 0.6 is 15.9 Å². The molecule has 1 unspecified atom stereocenters. The number of aliphatic hydroxyl groups is 1. The zero-order valence-corrected chi connectivity index (χ0v) is 21.5. The molecule has 1 saturated carbocycles. The Morgan fingerprint density at radius 3 is 2.38 bits per heavy atom. The van der Waals surface area contributed by atoms with Crippen LogP contribution in [0.3, 0.4) is 0 Å². The van der Waals surface area contributed by atoms with Crippen molar-refractivity contribution in [2.24, 2.45) is 0 Å². The molecule has 1 amide bonds. The Balaban J connectivity index is 1.76. The van der Waals surface area contributed by atoms with Crippen molar-refractivity contribution in [3.8, 4) is 5.75 Å². The molecule has 2 fully saturated rings. The number of benzene rings is 1. The molecule has 3 rings (SSSR count). The topological polar surface area (TPSA) is 73.2 Å². The van der Waals surface area contributed by atoms with Gasteiger partial charge in [0.15, 0.2) is 0 Å². The Kier molecular flexibility index (Phi) is 8.16. The molecule has 1 aromatic rings. The van der Waals surface area contributed by atoms with Gasteiger partial charge in [0, 0.05) is 37.1 Å². The lowest BCUT2D eigenvalue weighted by Gasteiger charge is -2.46. The summed E-state index contributed by atoms with van der Waals surface area (Å²) in [6.07, 6.45) is 5.76. The van der Waals surface area contributed by atoms with Gasteiger partial charge in [-0.3, -0.25) is 0 Å². The number of carbonyl (C=O) groups is 1. The Morgan fingerprint density at radius 1 is 1.25 bits per heavy atom. The van der Waals surface area contributed by atoms with E-state index < -0.39 is 17.2 Å². The fourth-order valence-electron chi connectivity index (χ4n) is 5.61. The molecule has 0 aromatic heterocycles. The van der Waals surface area contributed by atoms with Crippen molar-refractivity contribution in [3.63, 3.8) is 0 Å². The maximum Gasteiger partial charge on any atom is 0.407 e. The van der Waals surface area contributed by atoms with Crippen molar-refractivity contribution in [1.29, 1.82) is 0 Å². The molecule has 1 aliphatic carbocycles. The van der Waals surface area contributed by atoms with Gasteiger partial charge in [0.05, 0.1) is 17.2 Å². The second-order valence-corrected chi connectivity index (χ2v) is 11.3. The van der Waals surface area contributed by atoms with Crippen molar-refractivity contribution in [2.75, 3.05) is 26.7 Å². The van der Waals surface area contributed by atoms with Crippen molar-refractivity contribution in [2.45, 2.75) is 88.8 Å². The lowest BCUT2D eigenvalue weighted by Crippen LogP contribution is -2.55. The predicted octanol–water partition coefficient (Wildman–Crippen LogP) is 5.48. The van der Waals surface area contributed by atoms with E-state index in [1.807, 2.05) is 26.8 Å². The summed E-state index contributed by atoms with van der Waals surface area (Å²) in [7, 11) is 1.66. The molecule has 7 heteroatoms. The van der Waals surface area contributed by atoms with E-state index in [9.17, 15) is 15.0 Å². The minimum atomic E-state index is -0.839. The number of amides is 1. The molecule has 180 valence electrons. The molecule has 1 aromatic carbocycles. The molecule has 1 atom stereocenters. The third-order valence-corrected chi connectivity index (χ3v) is 7.86. The lowest BCUT2D eigenvalue weighted by molar-refractivity contribution is -0.0350. The molecule has 0 radical (unpaired) electrons. The normalized spacial score (nSPS) is 21.2. The van der Waals surface area contributed by atoms with Crippen molar-refractivity contribution < 1.29 is 19.7 Å². The summed E-state index contributed by atoms with van der Waals surface area (Å²) in [5.41, 5.74) is 0.0150. The molecule has 1 aliphatic heterocycles. The van der Waals surface area contributed by atoms with E-state index in [0.717, 1.165) is 73.9 Å². The van der Waals surface area contributed by atoms with Crippen LogP contribution in [0, 0.1) is 0 Å². The van der Waals surface area contributed by atoms with Gasteiger partial charge in [0.25, 0.3) is 0 Å². The fraction of sp³-hybridized carbons (Fsp3) is 0.720. The number of carboxylic acid groups (broad SMARTS) is 1. The number of methoxy groups -OCH3 is 1. The average molecular weight is 512 g/mol. The van der Waals surface area contributed by atoms with Gasteiger partial charge in [0.1, 0.15) is 5.75 Å². The quantitative estimate of drug-likeness (QED) is 0.529. The summed E-state index contributed by atoms with van der Waals surface area (Å²) in [5, 5.41) is 21.5. The monoisotopic (exact) mass is 510 g/mol. The summed E-state index contributed by atoms with van der Waals surface area (Å²) in [6, 6.07) is 6.18. The number of hydrogen-bond acceptors (Lipinski definition) is 4. The van der Waals surface area contributed by atoms with Gasteiger partial charge in [-0.15, -0.1) is 0 Å². The summed E-state index contributed by atoms with van der Waals surface area (Å²) in [4.78, 5) is 15.9. The van der Waals surface area contributed by atoms with E-state index in [2.05, 4.69) is 33.0 Å². The first kappa shape index (κ1) is 25.3. The molecular formula is C25H39BrN2O4. The van der Waals surface area contributed by atoms with E-state index >= 15 is 0 Å². The van der Waals surface area contributed by atoms with Crippen molar-refractivity contribution >= 4 is 22.0 Å². The smallest absolute Gasteiger partial charge is 0.407 e. The minimum Gasteiger partial charge on any atom is -0.496 e. The first-order valence-electron chi connectivity index (χ1n) is 11.9. The second kappa shape index (κ2) is 10.3. The number of nitrogens with zero attached hydrogens (tertiary/aromatic N) is 2. The highest BCUT2D eigenvalue weighted by molar-refractivity contribution is 9.10. The molecule has 6 nitrogen and oxygen atoms in total. The first-order valence-corrected chi connectivity index (χ1v) is 12.6. The van der Waals surface area contributed by atoms with E-state index in [1.54, 1.807) is 12.0 Å². The molecule has 2 aliphatic rings. The van der Waals surface area contributed by atoms with Gasteiger partial charge < -0.3 is 24.7 Å². The van der Waals surface area contributed by atoms with Gasteiger partial charge in [-0.1, -0.05) is 25.3 Å². The number of likely N-dealkylation sites (tertiary alicyclic amines) is 1. The maximum atomic E-state index is 11.9. The number of rotatable bonds is 6. The Hall–Kier alpha value is -1.31. The van der Waals surface area contributed by atoms with E-state index in [0.29, 0.717) is 0 Å². The largest absolute Gasteiger partial charge is 0.496 e. The number of halogens is 1. The second-order valence-electron chi connectivity index (χ2n) is 10.5. The van der Waals surface area contributed by atoms with E-state index in [4.69, 9.17) is 4.74 Å². The van der Waals surface area contributed by atoms with Gasteiger partial charge in [-0.25, -0.2) is 4.79 Å². The lowest BCUT2D eigenvalue weighted by atomic mass is 9.72. The number of ether oxygens (including phenoxy) is 1. The van der Waals surface area contributed by atoms with Crippen molar-refractivity contribution in [1.82, 2.24) is 9.80 Å². The predicted molar refractivity (Wildman–Crippen MR) is 131 cm³/mol. The molecule has 1 saturated heterocycles. The molecule has 2 N–H and O–H groups in total. The van der Waals surface area contributed by atoms with Crippen LogP contribution < -0.4 is 4.74 Å². The Bertz CT molecular complexity index is 781. The van der Waals surface area contributed by atoms with Crippen LogP contribution in [0.2, 0.25) is 0 Å². The zero-order chi connectivity index (χ0) is 23.5. The SMILES string of the molecule is COc1ccc(C(CN2CCC(N(C(=O)O)C(C)(C)C)CC2)C2(O)CCCCC2)cc1Br. The standard InChI is InChI=1S/C25H39BrN2O4/c1-24(2,3)28(23(29)30)19-10-14-27(15-11-19)17-20(25(31)12-6-5-7-13-25)18-8-9-22(32-4)21(26)16-18/h8-9,16,19-20,31H,5-7,10-15,17H2,1-4H3,(H,29,30). The molecule has 0 bridgehead atoms. The van der Waals surface area contributed by atoms with Gasteiger partial charge in [0.2, 0.25) is 0 Å². The first-order chi connectivity index (χ1) is 15.0. The zero-order valence-electron chi connectivity index (χ0n) is 19.9. The van der Waals surface area contributed by atoms with E-state index in [-0.39, 0.29) is 12.0 Å². The molecule has 32 heavy (non-hydrogen) atoms. The van der Waals surface area contributed by atoms with Crippen LogP contribution in [0.15, 0.2) is 22.7 Å². The van der Waals surface area contributed by atoms with Gasteiger partial charge >= 0.3 is 6.09 Å². The van der Waals surface area contributed by atoms with Crippen LogP contribution in [0.5, 0.6) is 5.75 Å². The number of hydrogen-bond donors (Lipinski definition) is 2. The average Bonchev–Trinajstić information content (AvgIpc) is 2.72. The highest BCUT2D eigenvalue weighted by atomic mass is 79.9. The Morgan fingerprint density at radius 2 is 1.88 bits per heavy atom. The number of piperidine rings is 1. The summed E-state index contributed by atoms with van der Waals surface area (Å²) in [5.74, 6) is 0.805. The van der Waals surface area contributed by atoms with Crippen LogP contribution in [0.25, 0.3) is 0 Å². The third-order valence-electron chi connectivity index (χ3n) is 7.24. The van der Waals surface area contributed by atoms with Crippen LogP contribution in [0.4, 0.5) is 4.79 Å². The van der Waals surface area contributed by atoms with Crippen LogP contribution in [-0.4, -0.2) is 70.0 Å². The highest BCUT2D eigenvalue weighted by Crippen LogP contribution is 2.42. The van der Waals surface area contributed by atoms with Gasteiger partial charge in [-0.2, -0.15) is 0 Å². The minimum absolute atomic E-state index is 0.0137. The van der Waals surface area contributed by atoms with Crippen molar-refractivity contribution in [3.05, 3.63) is 28.2 Å². The fourth-order valence-corrected chi connectivity index (χ4v) is 6.16. The summed E-state index contributed by atoms with van der Waals surface area (Å²) >= 11 is 3.62. The molecule has 0 spiro atoms. The van der Waals surface area contributed by atoms with Crippen LogP contribution in [-0.2, 0) is 0 Å². The Labute approximate surface area is 201 Å². The third kappa shape index (κ3) is 5.78.